The molecule has 1 unspecified atom stereocenters. The molecule has 0 aromatic heterocycles. The van der Waals surface area contributed by atoms with Crippen LogP contribution < -0.4 is 5.73 Å². The average molecular weight is 328 g/mol. The Morgan fingerprint density at radius 1 is 1.52 bits per heavy atom. The van der Waals surface area contributed by atoms with Gasteiger partial charge in [-0.2, -0.15) is 16.1 Å². The van der Waals surface area contributed by atoms with E-state index in [0.717, 1.165) is 30.1 Å². The Morgan fingerprint density at radius 3 is 2.90 bits per heavy atom. The maximum Gasteiger partial charge on any atom is 0.244 e. The summed E-state index contributed by atoms with van der Waals surface area (Å²) in [5.41, 5.74) is 5.45. The van der Waals surface area contributed by atoms with Crippen molar-refractivity contribution in [3.63, 3.8) is 0 Å². The van der Waals surface area contributed by atoms with Gasteiger partial charge < -0.3 is 5.73 Å². The van der Waals surface area contributed by atoms with E-state index in [2.05, 4.69) is 11.8 Å². The molecule has 1 atom stereocenters. The highest BCUT2D eigenvalue weighted by Gasteiger charge is 2.31. The fraction of sp³-hybridized carbons (Fsp3) is 0.429. The second-order valence-corrected chi connectivity index (χ2v) is 7.80. The van der Waals surface area contributed by atoms with Crippen molar-refractivity contribution >= 4 is 21.8 Å². The summed E-state index contributed by atoms with van der Waals surface area (Å²) in [6, 6.07) is 3.51. The summed E-state index contributed by atoms with van der Waals surface area (Å²) in [7, 11) is -2.13. The van der Waals surface area contributed by atoms with Crippen LogP contribution in [0, 0.1) is 17.7 Å². The lowest BCUT2D eigenvalue weighted by molar-refractivity contribution is 0.394. The topological polar surface area (TPSA) is 63.4 Å². The fourth-order valence-electron chi connectivity index (χ4n) is 2.13. The maximum absolute atomic E-state index is 13.4. The summed E-state index contributed by atoms with van der Waals surface area (Å²) < 4.78 is 40.1. The second kappa shape index (κ2) is 6.79. The molecule has 0 radical (unpaired) electrons. The number of nitrogens with two attached hydrogens (primary N) is 1. The van der Waals surface area contributed by atoms with Crippen LogP contribution >= 0.6 is 11.8 Å². The van der Waals surface area contributed by atoms with Crippen LogP contribution in [0.5, 0.6) is 0 Å². The molecule has 1 fully saturated rings. The van der Waals surface area contributed by atoms with E-state index in [1.807, 2.05) is 0 Å². The van der Waals surface area contributed by atoms with Gasteiger partial charge in [0.2, 0.25) is 10.0 Å². The van der Waals surface area contributed by atoms with Crippen molar-refractivity contribution in [3.8, 4) is 11.8 Å². The molecule has 2 rings (SSSR count). The molecule has 0 bridgehead atoms. The molecule has 7 heteroatoms. The molecule has 1 heterocycles. The highest BCUT2D eigenvalue weighted by molar-refractivity contribution is 7.99. The minimum atomic E-state index is -3.69. The summed E-state index contributed by atoms with van der Waals surface area (Å²) in [5.74, 6) is 6.43. The van der Waals surface area contributed by atoms with Gasteiger partial charge in [0.1, 0.15) is 5.82 Å². The zero-order valence-electron chi connectivity index (χ0n) is 11.7. The summed E-state index contributed by atoms with van der Waals surface area (Å²) in [5, 5.41) is 0. The summed E-state index contributed by atoms with van der Waals surface area (Å²) >= 11 is 1.73. The van der Waals surface area contributed by atoms with Crippen LogP contribution in [0.15, 0.2) is 23.1 Å². The van der Waals surface area contributed by atoms with Crippen molar-refractivity contribution in [3.05, 3.63) is 29.6 Å². The number of rotatable bonds is 3. The van der Waals surface area contributed by atoms with Crippen molar-refractivity contribution < 1.29 is 12.8 Å². The van der Waals surface area contributed by atoms with Gasteiger partial charge in [-0.15, -0.1) is 0 Å². The van der Waals surface area contributed by atoms with Gasteiger partial charge >= 0.3 is 0 Å². The Hall–Kier alpha value is -1.07. The van der Waals surface area contributed by atoms with E-state index in [0.29, 0.717) is 0 Å². The molecule has 1 aliphatic rings. The zero-order valence-corrected chi connectivity index (χ0v) is 13.3. The predicted octanol–water partition coefficient (Wildman–Crippen LogP) is 1.26. The van der Waals surface area contributed by atoms with E-state index in [9.17, 15) is 12.8 Å². The zero-order chi connectivity index (χ0) is 15.5. The van der Waals surface area contributed by atoms with E-state index < -0.39 is 15.8 Å². The van der Waals surface area contributed by atoms with Crippen molar-refractivity contribution in [2.24, 2.45) is 5.73 Å². The first-order valence-corrected chi connectivity index (χ1v) is 9.10. The number of benzene rings is 1. The van der Waals surface area contributed by atoms with Crippen molar-refractivity contribution in [2.75, 3.05) is 25.1 Å². The lowest BCUT2D eigenvalue weighted by Crippen LogP contribution is -2.37. The van der Waals surface area contributed by atoms with Gasteiger partial charge in [0.05, 0.1) is 11.4 Å². The molecule has 0 spiro atoms. The molecular formula is C14H17FN2O2S2. The first kappa shape index (κ1) is 16.3. The van der Waals surface area contributed by atoms with Gasteiger partial charge in [0, 0.05) is 24.4 Å². The third kappa shape index (κ3) is 3.58. The molecule has 21 heavy (non-hydrogen) atoms. The molecule has 2 N–H and O–H groups in total. The van der Waals surface area contributed by atoms with Crippen LogP contribution in [0.25, 0.3) is 0 Å². The summed E-state index contributed by atoms with van der Waals surface area (Å²) in [6.07, 6.45) is 0.825. The minimum Gasteiger partial charge on any atom is -0.320 e. The van der Waals surface area contributed by atoms with Crippen LogP contribution in [-0.4, -0.2) is 43.9 Å². The predicted molar refractivity (Wildman–Crippen MR) is 83.0 cm³/mol. The molecular weight excluding hydrogens is 311 g/mol. The Kier molecular flexibility index (Phi) is 5.27. The Morgan fingerprint density at radius 2 is 2.29 bits per heavy atom. The number of hydrogen-bond donors (Lipinski definition) is 1. The van der Waals surface area contributed by atoms with Gasteiger partial charge in [-0.1, -0.05) is 11.8 Å². The minimum absolute atomic E-state index is 0.0274. The quantitative estimate of drug-likeness (QED) is 0.849. The van der Waals surface area contributed by atoms with Crippen molar-refractivity contribution in [1.29, 1.82) is 0 Å². The largest absolute Gasteiger partial charge is 0.320 e. The van der Waals surface area contributed by atoms with Gasteiger partial charge in [0.25, 0.3) is 0 Å². The molecule has 1 aliphatic heterocycles. The number of thioether (sulfide) groups is 1. The lowest BCUT2D eigenvalue weighted by Gasteiger charge is -2.23. The van der Waals surface area contributed by atoms with E-state index in [-0.39, 0.29) is 23.0 Å². The summed E-state index contributed by atoms with van der Waals surface area (Å²) in [6.45, 7) is 0.0884. The molecule has 0 amide bonds. The maximum atomic E-state index is 13.4. The van der Waals surface area contributed by atoms with Gasteiger partial charge in [-0.05, 0) is 30.4 Å². The fourth-order valence-corrected chi connectivity index (χ4v) is 5.00. The first-order chi connectivity index (χ1) is 9.96. The number of hydrogen-bond acceptors (Lipinski definition) is 4. The molecule has 1 saturated heterocycles. The van der Waals surface area contributed by atoms with Crippen molar-refractivity contribution in [1.82, 2.24) is 4.31 Å². The van der Waals surface area contributed by atoms with Gasteiger partial charge in [-0.25, -0.2) is 12.8 Å². The third-order valence-electron chi connectivity index (χ3n) is 3.34. The van der Waals surface area contributed by atoms with Crippen LogP contribution in [0.3, 0.4) is 0 Å². The van der Waals surface area contributed by atoms with Gasteiger partial charge in [-0.3, -0.25) is 0 Å². The molecule has 114 valence electrons. The third-order valence-corrected chi connectivity index (χ3v) is 6.46. The Labute approximate surface area is 128 Å². The van der Waals surface area contributed by atoms with E-state index >= 15 is 0 Å². The number of nitrogens with zero attached hydrogens (tertiary/aromatic N) is 1. The number of halogens is 1. The highest BCUT2D eigenvalue weighted by atomic mass is 32.2. The first-order valence-electron chi connectivity index (χ1n) is 6.51. The second-order valence-electron chi connectivity index (χ2n) is 4.69. The molecule has 1 aromatic carbocycles. The molecule has 1 aromatic rings. The molecule has 4 nitrogen and oxygen atoms in total. The van der Waals surface area contributed by atoms with Crippen LogP contribution in [0.2, 0.25) is 0 Å². The Bertz CT molecular complexity index is 674. The van der Waals surface area contributed by atoms with Crippen LogP contribution in [0.4, 0.5) is 4.39 Å². The summed E-state index contributed by atoms with van der Waals surface area (Å²) in [4.78, 5) is 0.0317. The normalized spacial score (nSPS) is 18.6. The van der Waals surface area contributed by atoms with Crippen molar-refractivity contribution in [2.45, 2.75) is 17.4 Å². The average Bonchev–Trinajstić information content (AvgIpc) is 2.98. The lowest BCUT2D eigenvalue weighted by atomic mass is 10.2. The van der Waals surface area contributed by atoms with Gasteiger partial charge in [0.15, 0.2) is 0 Å². The SMILES string of the molecule is CN(C1CCSC1)S(=O)(=O)c1ccc(F)cc1C#CCN. The number of sulfonamides is 1. The van der Waals surface area contributed by atoms with E-state index in [4.69, 9.17) is 5.73 Å². The standard InChI is InChI=1S/C14H17FN2O2S2/c1-17(13-6-8-20-10-13)21(18,19)14-5-4-12(15)9-11(14)3-2-7-16/h4-5,9,13H,6-8,10,16H2,1H3. The van der Waals surface area contributed by atoms with Crippen LogP contribution in [-0.2, 0) is 10.0 Å². The molecule has 0 saturated carbocycles. The van der Waals surface area contributed by atoms with E-state index in [1.165, 1.54) is 10.4 Å². The van der Waals surface area contributed by atoms with Crippen LogP contribution in [0.1, 0.15) is 12.0 Å². The Balaban J connectivity index is 2.43. The monoisotopic (exact) mass is 328 g/mol. The van der Waals surface area contributed by atoms with E-state index in [1.54, 1.807) is 18.8 Å². The highest BCUT2D eigenvalue weighted by Crippen LogP contribution is 2.27. The molecule has 0 aliphatic carbocycles. The smallest absolute Gasteiger partial charge is 0.244 e.